The Morgan fingerprint density at radius 3 is 3.00 bits per heavy atom. The zero-order valence-corrected chi connectivity index (χ0v) is 10.8. The van der Waals surface area contributed by atoms with Crippen molar-refractivity contribution in [1.82, 2.24) is 5.32 Å². The summed E-state index contributed by atoms with van der Waals surface area (Å²) in [5, 5.41) is 24.8. The Morgan fingerprint density at radius 2 is 2.11 bits per heavy atom. The highest BCUT2D eigenvalue weighted by molar-refractivity contribution is 5.49. The first kappa shape index (κ1) is 11.7. The molecule has 2 aliphatic heterocycles. The van der Waals surface area contributed by atoms with Crippen molar-refractivity contribution < 1.29 is 14.9 Å². The minimum Gasteiger partial charge on any atom is -0.486 e. The van der Waals surface area contributed by atoms with Gasteiger partial charge in [-0.05, 0) is 31.9 Å². The van der Waals surface area contributed by atoms with Crippen LogP contribution in [-0.2, 0) is 5.41 Å². The minimum absolute atomic E-state index is 0.314. The number of fused-ring (bicyclic) bond motifs is 1. The number of ether oxygens (including phenoxy) is 1. The molecule has 1 aromatic rings. The van der Waals surface area contributed by atoms with Crippen LogP contribution in [0, 0.1) is 0 Å². The van der Waals surface area contributed by atoms with E-state index >= 15 is 0 Å². The molecule has 1 aliphatic carbocycles. The normalized spacial score (nSPS) is 43.9. The average Bonchev–Trinajstić information content (AvgIpc) is 2.77. The maximum Gasteiger partial charge on any atom is 0.137 e. The van der Waals surface area contributed by atoms with Crippen LogP contribution < -0.4 is 10.1 Å². The molecule has 0 aromatic heterocycles. The third-order valence-corrected chi connectivity index (χ3v) is 5.25. The molecule has 1 saturated carbocycles. The smallest absolute Gasteiger partial charge is 0.137 e. The molecule has 102 valence electrons. The van der Waals surface area contributed by atoms with Gasteiger partial charge in [0.1, 0.15) is 11.9 Å². The second kappa shape index (κ2) is 3.72. The molecule has 4 rings (SSSR count). The van der Waals surface area contributed by atoms with Gasteiger partial charge in [0.05, 0.1) is 17.1 Å². The fraction of sp³-hybridized carbons (Fsp3) is 0.600. The average molecular weight is 261 g/mol. The molecule has 2 heterocycles. The summed E-state index contributed by atoms with van der Waals surface area (Å²) in [6, 6.07) is 7.92. The Hall–Kier alpha value is -1.10. The minimum atomic E-state index is -0.818. The lowest BCUT2D eigenvalue weighted by Crippen LogP contribution is -2.70. The second-order valence-electron chi connectivity index (χ2n) is 6.07. The van der Waals surface area contributed by atoms with Gasteiger partial charge in [-0.15, -0.1) is 0 Å². The van der Waals surface area contributed by atoms with E-state index in [1.54, 1.807) is 0 Å². The Morgan fingerprint density at radius 1 is 1.26 bits per heavy atom. The van der Waals surface area contributed by atoms with Crippen molar-refractivity contribution in [3.8, 4) is 5.75 Å². The lowest BCUT2D eigenvalue weighted by Gasteiger charge is -2.55. The Bertz CT molecular complexity index is 520. The van der Waals surface area contributed by atoms with Crippen LogP contribution in [-0.4, -0.2) is 41.1 Å². The van der Waals surface area contributed by atoms with Gasteiger partial charge < -0.3 is 20.3 Å². The van der Waals surface area contributed by atoms with Crippen molar-refractivity contribution >= 4 is 0 Å². The molecule has 19 heavy (non-hydrogen) atoms. The quantitative estimate of drug-likeness (QED) is 0.639. The fourth-order valence-corrected chi connectivity index (χ4v) is 4.35. The number of piperidine rings is 1. The summed E-state index contributed by atoms with van der Waals surface area (Å²) in [6.45, 7) is 1.43. The summed E-state index contributed by atoms with van der Waals surface area (Å²) in [7, 11) is 0. The molecule has 0 bridgehead atoms. The monoisotopic (exact) mass is 261 g/mol. The number of rotatable bonds is 0. The zero-order valence-electron chi connectivity index (χ0n) is 10.8. The number of hydrogen-bond acceptors (Lipinski definition) is 4. The van der Waals surface area contributed by atoms with Crippen molar-refractivity contribution in [3.05, 3.63) is 29.8 Å². The molecular weight excluding hydrogens is 242 g/mol. The van der Waals surface area contributed by atoms with Gasteiger partial charge in [-0.25, -0.2) is 0 Å². The molecule has 3 N–H and O–H groups in total. The van der Waals surface area contributed by atoms with Crippen molar-refractivity contribution in [2.75, 3.05) is 13.1 Å². The van der Waals surface area contributed by atoms with Crippen molar-refractivity contribution in [2.45, 2.75) is 42.5 Å². The highest BCUT2D eigenvalue weighted by atomic mass is 16.5. The van der Waals surface area contributed by atoms with E-state index in [1.165, 1.54) is 0 Å². The van der Waals surface area contributed by atoms with Crippen LogP contribution in [0.25, 0.3) is 0 Å². The Labute approximate surface area is 112 Å². The molecule has 1 aromatic carbocycles. The third kappa shape index (κ3) is 1.29. The van der Waals surface area contributed by atoms with Crippen LogP contribution in [0.1, 0.15) is 24.8 Å². The number of aliphatic hydroxyl groups excluding tert-OH is 1. The highest BCUT2D eigenvalue weighted by Gasteiger charge is 2.66. The first-order chi connectivity index (χ1) is 9.17. The van der Waals surface area contributed by atoms with Crippen LogP contribution in [0.2, 0.25) is 0 Å². The molecule has 4 nitrogen and oxygen atoms in total. The molecule has 0 amide bonds. The molecule has 4 unspecified atom stereocenters. The number of para-hydroxylation sites is 1. The van der Waals surface area contributed by atoms with E-state index in [0.29, 0.717) is 19.4 Å². The molecule has 1 saturated heterocycles. The maximum atomic E-state index is 11.2. The summed E-state index contributed by atoms with van der Waals surface area (Å²) < 4.78 is 6.01. The highest BCUT2D eigenvalue weighted by Crippen LogP contribution is 2.57. The Kier molecular flexibility index (Phi) is 2.29. The van der Waals surface area contributed by atoms with E-state index in [-0.39, 0.29) is 6.10 Å². The van der Waals surface area contributed by atoms with Crippen molar-refractivity contribution in [1.29, 1.82) is 0 Å². The van der Waals surface area contributed by atoms with Crippen LogP contribution >= 0.6 is 0 Å². The summed E-state index contributed by atoms with van der Waals surface area (Å²) in [5.74, 6) is 0.828. The van der Waals surface area contributed by atoms with Gasteiger partial charge in [0.2, 0.25) is 0 Å². The van der Waals surface area contributed by atoms with E-state index in [0.717, 1.165) is 24.3 Å². The lowest BCUT2D eigenvalue weighted by atomic mass is 9.55. The summed E-state index contributed by atoms with van der Waals surface area (Å²) >= 11 is 0. The van der Waals surface area contributed by atoms with E-state index in [1.807, 2.05) is 24.3 Å². The van der Waals surface area contributed by atoms with E-state index in [2.05, 4.69) is 5.32 Å². The van der Waals surface area contributed by atoms with Crippen molar-refractivity contribution in [2.24, 2.45) is 0 Å². The number of β-amino-alcohol motifs (C(OH)–C–C–N with tert-alkyl or cyclic N) is 1. The molecule has 3 aliphatic rings. The molecule has 4 atom stereocenters. The van der Waals surface area contributed by atoms with Crippen LogP contribution in [0.4, 0.5) is 0 Å². The first-order valence-corrected chi connectivity index (χ1v) is 7.05. The van der Waals surface area contributed by atoms with Gasteiger partial charge in [-0.2, -0.15) is 0 Å². The van der Waals surface area contributed by atoms with Gasteiger partial charge >= 0.3 is 0 Å². The maximum absolute atomic E-state index is 11.2. The largest absolute Gasteiger partial charge is 0.486 e. The van der Waals surface area contributed by atoms with Crippen LogP contribution in [0.3, 0.4) is 0 Å². The van der Waals surface area contributed by atoms with E-state index in [4.69, 9.17) is 4.74 Å². The predicted molar refractivity (Wildman–Crippen MR) is 70.2 cm³/mol. The standard InChI is InChI=1S/C15H19NO3/c17-11-5-6-14(18)9-16-8-7-15(14)10-3-1-2-4-12(10)19-13(11)15/h1-4,11,13,16-18H,5-9H2. The van der Waals surface area contributed by atoms with Gasteiger partial charge in [-0.1, -0.05) is 18.2 Å². The fourth-order valence-electron chi connectivity index (χ4n) is 4.35. The number of benzene rings is 1. The predicted octanol–water partition coefficient (Wildman–Crippen LogP) is 0.564. The van der Waals surface area contributed by atoms with Crippen LogP contribution in [0.15, 0.2) is 24.3 Å². The molecule has 0 radical (unpaired) electrons. The van der Waals surface area contributed by atoms with Crippen molar-refractivity contribution in [3.63, 3.8) is 0 Å². The summed E-state index contributed by atoms with van der Waals surface area (Å²) in [4.78, 5) is 0. The van der Waals surface area contributed by atoms with E-state index < -0.39 is 17.1 Å². The molecule has 4 heteroatoms. The number of aliphatic hydroxyl groups is 2. The Balaban J connectivity index is 1.94. The SMILES string of the molecule is OC1CCC2(O)CNCCC23c2ccccc2OC13. The number of nitrogens with one attached hydrogen (secondary N) is 1. The summed E-state index contributed by atoms with van der Waals surface area (Å²) in [6.07, 6.45) is 1.22. The van der Waals surface area contributed by atoms with Crippen LogP contribution in [0.5, 0.6) is 5.75 Å². The summed E-state index contributed by atoms with van der Waals surface area (Å²) in [5.41, 5.74) is -0.198. The lowest BCUT2D eigenvalue weighted by molar-refractivity contribution is -0.156. The molecule has 1 spiro atoms. The van der Waals surface area contributed by atoms with Gasteiger partial charge in [-0.3, -0.25) is 0 Å². The van der Waals surface area contributed by atoms with Gasteiger partial charge in [0.25, 0.3) is 0 Å². The molecule has 2 fully saturated rings. The van der Waals surface area contributed by atoms with Gasteiger partial charge in [0.15, 0.2) is 0 Å². The zero-order chi connectivity index (χ0) is 13.1. The first-order valence-electron chi connectivity index (χ1n) is 7.05. The molecular formula is C15H19NO3. The number of hydrogen-bond donors (Lipinski definition) is 3. The second-order valence-corrected chi connectivity index (χ2v) is 6.07. The van der Waals surface area contributed by atoms with Gasteiger partial charge in [0, 0.05) is 12.1 Å². The third-order valence-electron chi connectivity index (χ3n) is 5.25. The topological polar surface area (TPSA) is 61.7 Å². The van der Waals surface area contributed by atoms with E-state index in [9.17, 15) is 10.2 Å².